The minimum Gasteiger partial charge on any atom is -0.444 e. The Kier molecular flexibility index (Phi) is 6.15. The van der Waals surface area contributed by atoms with E-state index in [0.717, 1.165) is 6.08 Å². The quantitative estimate of drug-likeness (QED) is 0.503. The average Bonchev–Trinajstić information content (AvgIpc) is 2.21. The van der Waals surface area contributed by atoms with Crippen LogP contribution in [0.2, 0.25) is 0 Å². The molecule has 0 aromatic carbocycles. The molecule has 0 heterocycles. The van der Waals surface area contributed by atoms with Gasteiger partial charge in [0, 0.05) is 0 Å². The number of alkyl carbamates (subject to hydrolysis) is 1. The lowest BCUT2D eigenvalue weighted by molar-refractivity contribution is -0.00167. The fraction of sp³-hybridized carbons (Fsp3) is 0.727. The molecule has 0 rings (SSSR count). The van der Waals surface area contributed by atoms with Gasteiger partial charge in [0.25, 0.3) is 0 Å². The maximum Gasteiger partial charge on any atom is 0.408 e. The molecule has 0 aliphatic carbocycles. The molecule has 0 bridgehead atoms. The van der Waals surface area contributed by atoms with Crippen LogP contribution in [-0.4, -0.2) is 51.9 Å². The molecule has 0 fully saturated rings. The lowest BCUT2D eigenvalue weighted by Gasteiger charge is -2.26. The summed E-state index contributed by atoms with van der Waals surface area (Å²) in [4.78, 5) is 11.4. The standard InChI is InChI=1S/C11H21NO5/c1-5-8(14)9(15)7(6-13)12-10(16)17-11(2,3)4/h5,7-9,13-15H,1,6H2,2-4H3,(H,12,16)/t7-,8+,9+/m0/s1. The van der Waals surface area contributed by atoms with Crippen molar-refractivity contribution in [2.75, 3.05) is 6.61 Å². The van der Waals surface area contributed by atoms with Crippen molar-refractivity contribution >= 4 is 6.09 Å². The summed E-state index contributed by atoms with van der Waals surface area (Å²) in [6.45, 7) is 7.85. The van der Waals surface area contributed by atoms with Crippen LogP contribution in [0.15, 0.2) is 12.7 Å². The zero-order chi connectivity index (χ0) is 13.6. The first-order valence-corrected chi connectivity index (χ1v) is 5.30. The number of carbonyl (C=O) groups is 1. The van der Waals surface area contributed by atoms with E-state index in [2.05, 4.69) is 11.9 Å². The highest BCUT2D eigenvalue weighted by molar-refractivity contribution is 5.68. The molecule has 1 amide bonds. The molecule has 0 unspecified atom stereocenters. The zero-order valence-electron chi connectivity index (χ0n) is 10.4. The van der Waals surface area contributed by atoms with Gasteiger partial charge < -0.3 is 25.4 Å². The van der Waals surface area contributed by atoms with Crippen molar-refractivity contribution in [3.8, 4) is 0 Å². The topological polar surface area (TPSA) is 99.0 Å². The maximum atomic E-state index is 11.4. The van der Waals surface area contributed by atoms with Crippen molar-refractivity contribution in [1.29, 1.82) is 0 Å². The first-order valence-electron chi connectivity index (χ1n) is 5.30. The number of carbonyl (C=O) groups excluding carboxylic acids is 1. The molecule has 3 atom stereocenters. The van der Waals surface area contributed by atoms with Crippen LogP contribution in [0.3, 0.4) is 0 Å². The predicted octanol–water partition coefficient (Wildman–Crippen LogP) is -0.220. The summed E-state index contributed by atoms with van der Waals surface area (Å²) in [7, 11) is 0. The Labute approximate surface area is 101 Å². The van der Waals surface area contributed by atoms with Crippen molar-refractivity contribution in [3.63, 3.8) is 0 Å². The van der Waals surface area contributed by atoms with Gasteiger partial charge in [-0.15, -0.1) is 6.58 Å². The van der Waals surface area contributed by atoms with E-state index in [1.54, 1.807) is 20.8 Å². The Morgan fingerprint density at radius 1 is 1.47 bits per heavy atom. The molecule has 0 saturated heterocycles. The van der Waals surface area contributed by atoms with Gasteiger partial charge in [0.15, 0.2) is 0 Å². The van der Waals surface area contributed by atoms with E-state index in [4.69, 9.17) is 9.84 Å². The first kappa shape index (κ1) is 15.9. The minimum atomic E-state index is -1.34. The Morgan fingerprint density at radius 2 is 2.00 bits per heavy atom. The van der Waals surface area contributed by atoms with E-state index in [9.17, 15) is 15.0 Å². The molecule has 4 N–H and O–H groups in total. The number of hydrogen-bond donors (Lipinski definition) is 4. The number of aliphatic hydroxyl groups is 3. The number of amides is 1. The Bertz CT molecular complexity index is 261. The van der Waals surface area contributed by atoms with Gasteiger partial charge in [0.2, 0.25) is 0 Å². The van der Waals surface area contributed by atoms with Gasteiger partial charge in [-0.1, -0.05) is 6.08 Å². The second-order valence-corrected chi connectivity index (χ2v) is 4.65. The summed E-state index contributed by atoms with van der Waals surface area (Å²) < 4.78 is 4.95. The van der Waals surface area contributed by atoms with E-state index in [1.807, 2.05) is 0 Å². The molecule has 0 saturated carbocycles. The molecule has 17 heavy (non-hydrogen) atoms. The van der Waals surface area contributed by atoms with Crippen LogP contribution in [0.5, 0.6) is 0 Å². The van der Waals surface area contributed by atoms with E-state index in [0.29, 0.717) is 0 Å². The maximum absolute atomic E-state index is 11.4. The molecule has 0 radical (unpaired) electrons. The molecular formula is C11H21NO5. The van der Waals surface area contributed by atoms with E-state index < -0.39 is 36.6 Å². The largest absolute Gasteiger partial charge is 0.444 e. The Morgan fingerprint density at radius 3 is 2.35 bits per heavy atom. The highest BCUT2D eigenvalue weighted by Crippen LogP contribution is 2.08. The van der Waals surface area contributed by atoms with Crippen LogP contribution < -0.4 is 5.32 Å². The number of rotatable bonds is 5. The molecule has 6 nitrogen and oxygen atoms in total. The van der Waals surface area contributed by atoms with Crippen LogP contribution in [0.1, 0.15) is 20.8 Å². The fourth-order valence-corrected chi connectivity index (χ4v) is 1.08. The van der Waals surface area contributed by atoms with Gasteiger partial charge >= 0.3 is 6.09 Å². The molecular weight excluding hydrogens is 226 g/mol. The van der Waals surface area contributed by atoms with Crippen LogP contribution in [0.4, 0.5) is 4.79 Å². The minimum absolute atomic E-state index is 0.523. The highest BCUT2D eigenvalue weighted by atomic mass is 16.6. The van der Waals surface area contributed by atoms with Gasteiger partial charge in [-0.3, -0.25) is 0 Å². The summed E-state index contributed by atoms with van der Waals surface area (Å²) in [6.07, 6.45) is -2.23. The molecule has 0 aromatic rings. The zero-order valence-corrected chi connectivity index (χ0v) is 10.4. The van der Waals surface area contributed by atoms with E-state index >= 15 is 0 Å². The van der Waals surface area contributed by atoms with Crippen molar-refractivity contribution < 1.29 is 24.9 Å². The van der Waals surface area contributed by atoms with Crippen LogP contribution >= 0.6 is 0 Å². The van der Waals surface area contributed by atoms with Gasteiger partial charge in [-0.25, -0.2) is 4.79 Å². The molecule has 0 aliphatic heterocycles. The third-order valence-corrected chi connectivity index (χ3v) is 1.90. The second-order valence-electron chi connectivity index (χ2n) is 4.65. The summed E-state index contributed by atoms with van der Waals surface area (Å²) in [6, 6.07) is -1.02. The van der Waals surface area contributed by atoms with Gasteiger partial charge in [-0.05, 0) is 20.8 Å². The molecule has 0 spiro atoms. The summed E-state index contributed by atoms with van der Waals surface area (Å²) in [5, 5.41) is 30.2. The van der Waals surface area contributed by atoms with Crippen LogP contribution in [-0.2, 0) is 4.74 Å². The molecule has 0 aliphatic rings. The lowest BCUT2D eigenvalue weighted by atomic mass is 10.1. The van der Waals surface area contributed by atoms with Crippen LogP contribution in [0, 0.1) is 0 Å². The smallest absolute Gasteiger partial charge is 0.408 e. The number of aliphatic hydroxyl groups excluding tert-OH is 3. The van der Waals surface area contributed by atoms with E-state index in [-0.39, 0.29) is 0 Å². The summed E-state index contributed by atoms with van der Waals surface area (Å²) >= 11 is 0. The Hall–Kier alpha value is -1.11. The number of hydrogen-bond acceptors (Lipinski definition) is 5. The third-order valence-electron chi connectivity index (χ3n) is 1.90. The van der Waals surface area contributed by atoms with E-state index in [1.165, 1.54) is 0 Å². The van der Waals surface area contributed by atoms with Crippen LogP contribution in [0.25, 0.3) is 0 Å². The predicted molar refractivity (Wildman–Crippen MR) is 62.5 cm³/mol. The highest BCUT2D eigenvalue weighted by Gasteiger charge is 2.27. The van der Waals surface area contributed by atoms with Crippen molar-refractivity contribution in [1.82, 2.24) is 5.32 Å². The second kappa shape index (κ2) is 6.58. The van der Waals surface area contributed by atoms with Gasteiger partial charge in [0.1, 0.15) is 11.7 Å². The Balaban J connectivity index is 4.40. The van der Waals surface area contributed by atoms with Gasteiger partial charge in [0.05, 0.1) is 18.8 Å². The average molecular weight is 247 g/mol. The normalized spacial score (nSPS) is 16.8. The summed E-state index contributed by atoms with van der Waals surface area (Å²) in [5.74, 6) is 0. The molecule has 0 aromatic heterocycles. The van der Waals surface area contributed by atoms with Crippen molar-refractivity contribution in [3.05, 3.63) is 12.7 Å². The lowest BCUT2D eigenvalue weighted by Crippen LogP contribution is -2.51. The van der Waals surface area contributed by atoms with Crippen molar-refractivity contribution in [2.24, 2.45) is 0 Å². The number of ether oxygens (including phenoxy) is 1. The molecule has 100 valence electrons. The third kappa shape index (κ3) is 6.25. The van der Waals surface area contributed by atoms with Gasteiger partial charge in [-0.2, -0.15) is 0 Å². The summed E-state index contributed by atoms with van der Waals surface area (Å²) in [5.41, 5.74) is -0.675. The SMILES string of the molecule is C=C[C@@H](O)[C@H](O)[C@H](CO)NC(=O)OC(C)(C)C. The number of nitrogens with one attached hydrogen (secondary N) is 1. The molecule has 6 heteroatoms. The first-order chi connectivity index (χ1) is 7.71. The monoisotopic (exact) mass is 247 g/mol. The fourth-order valence-electron chi connectivity index (χ4n) is 1.08. The van der Waals surface area contributed by atoms with Crippen molar-refractivity contribution in [2.45, 2.75) is 44.6 Å².